The maximum absolute atomic E-state index is 11.1. The van der Waals surface area contributed by atoms with Crippen LogP contribution in [0.1, 0.15) is 20.3 Å². The monoisotopic (exact) mass is 177 g/mol. The standard InChI is InChI=1S/C7H15NO2S/c1-4-5-6-8-11(9,10)7(2)3/h4,7-8H,1,5-6H2,2-3H3. The molecule has 0 aromatic carbocycles. The Hall–Kier alpha value is -0.350. The van der Waals surface area contributed by atoms with E-state index in [0.29, 0.717) is 13.0 Å². The van der Waals surface area contributed by atoms with Gasteiger partial charge in [-0.05, 0) is 20.3 Å². The van der Waals surface area contributed by atoms with Gasteiger partial charge in [-0.25, -0.2) is 13.1 Å². The normalized spacial score (nSPS) is 11.9. The molecule has 0 saturated carbocycles. The second kappa shape index (κ2) is 4.51. The van der Waals surface area contributed by atoms with Crippen LogP contribution in [-0.4, -0.2) is 20.2 Å². The second-order valence-corrected chi connectivity index (χ2v) is 4.89. The Balaban J connectivity index is 3.84. The van der Waals surface area contributed by atoms with Crippen molar-refractivity contribution in [2.45, 2.75) is 25.5 Å². The Kier molecular flexibility index (Phi) is 4.37. The summed E-state index contributed by atoms with van der Waals surface area (Å²) in [7, 11) is -3.07. The molecule has 0 radical (unpaired) electrons. The summed E-state index contributed by atoms with van der Waals surface area (Å²) in [6.45, 7) is 7.24. The minimum Gasteiger partial charge on any atom is -0.215 e. The van der Waals surface area contributed by atoms with Crippen LogP contribution in [0.4, 0.5) is 0 Å². The van der Waals surface area contributed by atoms with E-state index in [4.69, 9.17) is 0 Å². The van der Waals surface area contributed by atoms with Crippen LogP contribution in [0.5, 0.6) is 0 Å². The van der Waals surface area contributed by atoms with E-state index in [2.05, 4.69) is 11.3 Å². The maximum Gasteiger partial charge on any atom is 0.213 e. The van der Waals surface area contributed by atoms with Crippen LogP contribution < -0.4 is 4.72 Å². The summed E-state index contributed by atoms with van der Waals surface area (Å²) in [6, 6.07) is 0. The van der Waals surface area contributed by atoms with Crippen molar-refractivity contribution in [2.24, 2.45) is 0 Å². The predicted molar refractivity (Wildman–Crippen MR) is 46.9 cm³/mol. The predicted octanol–water partition coefficient (Wildman–Crippen LogP) is 0.890. The van der Waals surface area contributed by atoms with Crippen LogP contribution in [-0.2, 0) is 10.0 Å². The first kappa shape index (κ1) is 10.7. The molecular weight excluding hydrogens is 162 g/mol. The largest absolute Gasteiger partial charge is 0.215 e. The van der Waals surface area contributed by atoms with Crippen molar-refractivity contribution in [1.82, 2.24) is 4.72 Å². The molecule has 0 rings (SSSR count). The van der Waals surface area contributed by atoms with Crippen molar-refractivity contribution < 1.29 is 8.42 Å². The molecule has 0 atom stereocenters. The lowest BCUT2D eigenvalue weighted by molar-refractivity contribution is 0.573. The summed E-state index contributed by atoms with van der Waals surface area (Å²) in [6.07, 6.45) is 2.36. The highest BCUT2D eigenvalue weighted by Crippen LogP contribution is 1.95. The van der Waals surface area contributed by atoms with Gasteiger partial charge in [-0.2, -0.15) is 0 Å². The van der Waals surface area contributed by atoms with E-state index in [1.54, 1.807) is 19.9 Å². The van der Waals surface area contributed by atoms with E-state index in [0.717, 1.165) is 0 Å². The Morgan fingerprint density at radius 1 is 1.55 bits per heavy atom. The molecule has 0 fully saturated rings. The van der Waals surface area contributed by atoms with Crippen molar-refractivity contribution in [1.29, 1.82) is 0 Å². The van der Waals surface area contributed by atoms with Gasteiger partial charge in [0.25, 0.3) is 0 Å². The van der Waals surface area contributed by atoms with Crippen molar-refractivity contribution >= 4 is 10.0 Å². The molecule has 0 aromatic rings. The minimum atomic E-state index is -3.07. The van der Waals surface area contributed by atoms with Crippen molar-refractivity contribution in [3.05, 3.63) is 12.7 Å². The molecule has 1 N–H and O–H groups in total. The SMILES string of the molecule is C=CCCNS(=O)(=O)C(C)C. The molecular formula is C7H15NO2S. The summed E-state index contributed by atoms with van der Waals surface area (Å²) < 4.78 is 24.6. The van der Waals surface area contributed by atoms with E-state index >= 15 is 0 Å². The number of rotatable bonds is 5. The molecule has 0 spiro atoms. The first-order valence-corrected chi connectivity index (χ1v) is 5.14. The van der Waals surface area contributed by atoms with Crippen LogP contribution in [0.3, 0.4) is 0 Å². The smallest absolute Gasteiger partial charge is 0.213 e. The summed E-state index contributed by atoms with van der Waals surface area (Å²) >= 11 is 0. The van der Waals surface area contributed by atoms with Crippen LogP contribution in [0.2, 0.25) is 0 Å². The van der Waals surface area contributed by atoms with E-state index in [1.165, 1.54) is 0 Å². The molecule has 0 aliphatic carbocycles. The highest BCUT2D eigenvalue weighted by Gasteiger charge is 2.13. The van der Waals surface area contributed by atoms with Gasteiger partial charge in [0.15, 0.2) is 0 Å². The van der Waals surface area contributed by atoms with Gasteiger partial charge < -0.3 is 0 Å². The lowest BCUT2D eigenvalue weighted by Crippen LogP contribution is -2.31. The lowest BCUT2D eigenvalue weighted by Gasteiger charge is -2.07. The van der Waals surface area contributed by atoms with Crippen LogP contribution in [0.25, 0.3) is 0 Å². The fourth-order valence-electron chi connectivity index (χ4n) is 0.470. The zero-order valence-electron chi connectivity index (χ0n) is 7.00. The van der Waals surface area contributed by atoms with Crippen molar-refractivity contribution in [3.63, 3.8) is 0 Å². The van der Waals surface area contributed by atoms with Crippen LogP contribution in [0, 0.1) is 0 Å². The molecule has 4 heteroatoms. The molecule has 11 heavy (non-hydrogen) atoms. The minimum absolute atomic E-state index is 0.354. The molecule has 0 aliphatic heterocycles. The second-order valence-electron chi connectivity index (χ2n) is 2.57. The molecule has 3 nitrogen and oxygen atoms in total. The van der Waals surface area contributed by atoms with E-state index in [-0.39, 0.29) is 5.25 Å². The summed E-state index contributed by atoms with van der Waals surface area (Å²) in [5, 5.41) is -0.354. The van der Waals surface area contributed by atoms with Gasteiger partial charge in [0.05, 0.1) is 5.25 Å². The molecule has 0 unspecified atom stereocenters. The van der Waals surface area contributed by atoms with Crippen molar-refractivity contribution in [2.75, 3.05) is 6.54 Å². The third-order valence-corrected chi connectivity index (χ3v) is 3.12. The van der Waals surface area contributed by atoms with Crippen LogP contribution in [0.15, 0.2) is 12.7 Å². The van der Waals surface area contributed by atoms with Gasteiger partial charge >= 0.3 is 0 Å². The Morgan fingerprint density at radius 2 is 2.09 bits per heavy atom. The highest BCUT2D eigenvalue weighted by molar-refractivity contribution is 7.90. The molecule has 0 heterocycles. The van der Waals surface area contributed by atoms with Gasteiger partial charge in [-0.15, -0.1) is 6.58 Å². The summed E-state index contributed by atoms with van der Waals surface area (Å²) in [5.74, 6) is 0. The van der Waals surface area contributed by atoms with Crippen LogP contribution >= 0.6 is 0 Å². The molecule has 0 bridgehead atoms. The van der Waals surface area contributed by atoms with Gasteiger partial charge in [0, 0.05) is 6.54 Å². The number of nitrogens with one attached hydrogen (secondary N) is 1. The number of hydrogen-bond acceptors (Lipinski definition) is 2. The zero-order valence-corrected chi connectivity index (χ0v) is 7.82. The van der Waals surface area contributed by atoms with Gasteiger partial charge in [0.2, 0.25) is 10.0 Å². The molecule has 66 valence electrons. The third kappa shape index (κ3) is 4.16. The topological polar surface area (TPSA) is 46.2 Å². The molecule has 0 aliphatic rings. The summed E-state index contributed by atoms with van der Waals surface area (Å²) in [5.41, 5.74) is 0. The Bertz CT molecular complexity index is 206. The number of hydrogen-bond donors (Lipinski definition) is 1. The molecule has 0 saturated heterocycles. The van der Waals surface area contributed by atoms with Crippen molar-refractivity contribution in [3.8, 4) is 0 Å². The first-order chi connectivity index (χ1) is 5.00. The third-order valence-electron chi connectivity index (χ3n) is 1.27. The summed E-state index contributed by atoms with van der Waals surface area (Å²) in [4.78, 5) is 0. The highest BCUT2D eigenvalue weighted by atomic mass is 32.2. The van der Waals surface area contributed by atoms with E-state index < -0.39 is 10.0 Å². The molecule has 0 amide bonds. The lowest BCUT2D eigenvalue weighted by atomic mass is 10.4. The Morgan fingerprint density at radius 3 is 2.45 bits per heavy atom. The fourth-order valence-corrected chi connectivity index (χ4v) is 1.21. The fraction of sp³-hybridized carbons (Fsp3) is 0.714. The van der Waals surface area contributed by atoms with E-state index in [1.807, 2.05) is 0 Å². The van der Waals surface area contributed by atoms with Gasteiger partial charge in [-0.3, -0.25) is 0 Å². The average molecular weight is 177 g/mol. The quantitative estimate of drug-likeness (QED) is 0.501. The number of sulfonamides is 1. The Labute approximate surface area is 68.5 Å². The van der Waals surface area contributed by atoms with E-state index in [9.17, 15) is 8.42 Å². The average Bonchev–Trinajstić information content (AvgIpc) is 1.88. The van der Waals surface area contributed by atoms with Gasteiger partial charge in [0.1, 0.15) is 0 Å². The zero-order chi connectivity index (χ0) is 8.91. The van der Waals surface area contributed by atoms with Gasteiger partial charge in [-0.1, -0.05) is 6.08 Å². The maximum atomic E-state index is 11.1. The molecule has 0 aromatic heterocycles. The first-order valence-electron chi connectivity index (χ1n) is 3.60.